The highest BCUT2D eigenvalue weighted by molar-refractivity contribution is 14.0. The van der Waals surface area contributed by atoms with Gasteiger partial charge in [0.25, 0.3) is 0 Å². The second kappa shape index (κ2) is 14.9. The van der Waals surface area contributed by atoms with Gasteiger partial charge in [-0.15, -0.1) is 24.0 Å². The van der Waals surface area contributed by atoms with Crippen LogP contribution in [0.2, 0.25) is 0 Å². The molecule has 0 saturated heterocycles. The van der Waals surface area contributed by atoms with Gasteiger partial charge in [0, 0.05) is 19.6 Å². The number of aliphatic imine (C=N–C) groups is 1. The highest BCUT2D eigenvalue weighted by Crippen LogP contribution is 2.27. The summed E-state index contributed by atoms with van der Waals surface area (Å²) in [6.45, 7) is 4.20. The van der Waals surface area contributed by atoms with Crippen LogP contribution in [0.3, 0.4) is 0 Å². The molecule has 3 N–H and O–H groups in total. The normalized spacial score (nSPS) is 11.9. The minimum Gasteiger partial charge on any atom is -0.493 e. The summed E-state index contributed by atoms with van der Waals surface area (Å²) in [4.78, 5) is 4.63. The number of halogens is 1. The van der Waals surface area contributed by atoms with Crippen LogP contribution >= 0.6 is 24.0 Å². The van der Waals surface area contributed by atoms with E-state index >= 15 is 0 Å². The number of aliphatic hydroxyl groups is 1. The predicted octanol–water partition coefficient (Wildman–Crippen LogP) is 3.93. The molecule has 30 heavy (non-hydrogen) atoms. The lowest BCUT2D eigenvalue weighted by Crippen LogP contribution is -2.38. The number of ether oxygens (including phenoxy) is 2. The number of methoxy groups -OCH3 is 2. The Morgan fingerprint density at radius 3 is 2.43 bits per heavy atom. The van der Waals surface area contributed by atoms with Crippen LogP contribution in [0.5, 0.6) is 11.5 Å². The van der Waals surface area contributed by atoms with Crippen molar-refractivity contribution in [2.75, 3.05) is 33.9 Å². The third kappa shape index (κ3) is 8.79. The van der Waals surface area contributed by atoms with E-state index in [0.29, 0.717) is 19.5 Å². The van der Waals surface area contributed by atoms with Crippen molar-refractivity contribution >= 4 is 29.9 Å². The smallest absolute Gasteiger partial charge is 0.191 e. The zero-order valence-electron chi connectivity index (χ0n) is 18.1. The fraction of sp³-hybridized carbons (Fsp3) is 0.435. The monoisotopic (exact) mass is 527 g/mol. The first-order chi connectivity index (χ1) is 14.2. The molecule has 1 unspecified atom stereocenters. The number of guanidine groups is 1. The summed E-state index contributed by atoms with van der Waals surface area (Å²) in [7, 11) is 3.29. The summed E-state index contributed by atoms with van der Waals surface area (Å²) in [5.74, 6) is 2.27. The number of hydrogen-bond donors (Lipinski definition) is 3. The molecular formula is C23H34IN3O3. The van der Waals surface area contributed by atoms with E-state index in [1.165, 1.54) is 5.56 Å². The van der Waals surface area contributed by atoms with Crippen LogP contribution in [0, 0.1) is 0 Å². The predicted molar refractivity (Wildman–Crippen MR) is 133 cm³/mol. The maximum Gasteiger partial charge on any atom is 0.191 e. The third-order valence-corrected chi connectivity index (χ3v) is 4.58. The van der Waals surface area contributed by atoms with Gasteiger partial charge >= 0.3 is 0 Å². The Bertz CT molecular complexity index is 757. The van der Waals surface area contributed by atoms with Gasteiger partial charge in [-0.25, -0.2) is 0 Å². The van der Waals surface area contributed by atoms with Gasteiger partial charge in [-0.05, 0) is 49.4 Å². The highest BCUT2D eigenvalue weighted by Gasteiger charge is 2.07. The van der Waals surface area contributed by atoms with Crippen LogP contribution < -0.4 is 20.1 Å². The van der Waals surface area contributed by atoms with E-state index in [1.807, 2.05) is 49.4 Å². The van der Waals surface area contributed by atoms with E-state index in [2.05, 4.69) is 21.7 Å². The molecule has 0 radical (unpaired) electrons. The SMILES string of the molecule is CCNC(=NCCCc1ccc(OC)c(OC)c1)NCCC(O)c1ccccc1.I. The van der Waals surface area contributed by atoms with Crippen LogP contribution in [-0.4, -0.2) is 44.9 Å². The van der Waals surface area contributed by atoms with Crippen molar-refractivity contribution in [2.24, 2.45) is 4.99 Å². The van der Waals surface area contributed by atoms with Gasteiger partial charge < -0.3 is 25.2 Å². The maximum absolute atomic E-state index is 10.3. The molecule has 0 aliphatic carbocycles. The topological polar surface area (TPSA) is 75.1 Å². The van der Waals surface area contributed by atoms with Crippen molar-refractivity contribution in [2.45, 2.75) is 32.3 Å². The Morgan fingerprint density at radius 1 is 1.03 bits per heavy atom. The molecule has 0 bridgehead atoms. The molecular weight excluding hydrogens is 493 g/mol. The van der Waals surface area contributed by atoms with Crippen LogP contribution in [0.1, 0.15) is 37.0 Å². The van der Waals surface area contributed by atoms with Gasteiger partial charge in [-0.3, -0.25) is 4.99 Å². The molecule has 0 heterocycles. The Kier molecular flexibility index (Phi) is 12.9. The van der Waals surface area contributed by atoms with E-state index < -0.39 is 6.10 Å². The summed E-state index contributed by atoms with van der Waals surface area (Å²) in [5, 5.41) is 16.8. The van der Waals surface area contributed by atoms with Crippen LogP contribution in [0.15, 0.2) is 53.5 Å². The molecule has 0 fully saturated rings. The molecule has 7 heteroatoms. The molecule has 0 aliphatic heterocycles. The second-order valence-corrected chi connectivity index (χ2v) is 6.70. The first-order valence-electron chi connectivity index (χ1n) is 10.1. The maximum atomic E-state index is 10.3. The highest BCUT2D eigenvalue weighted by atomic mass is 127. The summed E-state index contributed by atoms with van der Waals surface area (Å²) in [6, 6.07) is 15.7. The average Bonchev–Trinajstić information content (AvgIpc) is 2.76. The number of rotatable bonds is 11. The van der Waals surface area contributed by atoms with Gasteiger partial charge in [0.15, 0.2) is 17.5 Å². The number of nitrogens with zero attached hydrogens (tertiary/aromatic N) is 1. The fourth-order valence-electron chi connectivity index (χ4n) is 3.02. The largest absolute Gasteiger partial charge is 0.493 e. The average molecular weight is 527 g/mol. The zero-order valence-corrected chi connectivity index (χ0v) is 20.4. The van der Waals surface area contributed by atoms with Gasteiger partial charge in [0.1, 0.15) is 0 Å². The molecule has 2 aromatic carbocycles. The van der Waals surface area contributed by atoms with Crippen molar-refractivity contribution < 1.29 is 14.6 Å². The lowest BCUT2D eigenvalue weighted by atomic mass is 10.1. The molecule has 166 valence electrons. The second-order valence-electron chi connectivity index (χ2n) is 6.70. The van der Waals surface area contributed by atoms with Gasteiger partial charge in [0.05, 0.1) is 20.3 Å². The summed E-state index contributed by atoms with van der Waals surface area (Å²) in [6.07, 6.45) is 1.99. The zero-order chi connectivity index (χ0) is 20.9. The third-order valence-electron chi connectivity index (χ3n) is 4.58. The Balaban J connectivity index is 0.00000450. The molecule has 0 saturated carbocycles. The summed E-state index contributed by atoms with van der Waals surface area (Å²) < 4.78 is 10.6. The van der Waals surface area contributed by atoms with Crippen molar-refractivity contribution in [1.29, 1.82) is 0 Å². The van der Waals surface area contributed by atoms with Crippen LogP contribution in [0.4, 0.5) is 0 Å². The van der Waals surface area contributed by atoms with E-state index in [9.17, 15) is 5.11 Å². The van der Waals surface area contributed by atoms with Gasteiger partial charge in [0.2, 0.25) is 0 Å². The van der Waals surface area contributed by atoms with E-state index in [4.69, 9.17) is 9.47 Å². The van der Waals surface area contributed by atoms with Crippen molar-refractivity contribution in [1.82, 2.24) is 10.6 Å². The van der Waals surface area contributed by atoms with Crippen molar-refractivity contribution in [3.05, 3.63) is 59.7 Å². The first kappa shape index (κ1) is 26.0. The lowest BCUT2D eigenvalue weighted by Gasteiger charge is -2.14. The first-order valence-corrected chi connectivity index (χ1v) is 10.1. The van der Waals surface area contributed by atoms with E-state index in [-0.39, 0.29) is 24.0 Å². The Morgan fingerprint density at radius 2 is 1.77 bits per heavy atom. The van der Waals surface area contributed by atoms with Crippen LogP contribution in [-0.2, 0) is 6.42 Å². The van der Waals surface area contributed by atoms with Gasteiger partial charge in [-0.2, -0.15) is 0 Å². The number of hydrogen-bond acceptors (Lipinski definition) is 4. The minimum atomic E-state index is -0.475. The summed E-state index contributed by atoms with van der Waals surface area (Å²) >= 11 is 0. The molecule has 0 amide bonds. The Labute approximate surface area is 197 Å². The van der Waals surface area contributed by atoms with E-state index in [0.717, 1.165) is 42.4 Å². The number of aliphatic hydroxyl groups excluding tert-OH is 1. The molecule has 2 rings (SSSR count). The molecule has 6 nitrogen and oxygen atoms in total. The molecule has 0 aromatic heterocycles. The molecule has 2 aromatic rings. The lowest BCUT2D eigenvalue weighted by molar-refractivity contribution is 0.168. The van der Waals surface area contributed by atoms with Crippen molar-refractivity contribution in [3.8, 4) is 11.5 Å². The quantitative estimate of drug-likeness (QED) is 0.179. The van der Waals surface area contributed by atoms with Gasteiger partial charge in [-0.1, -0.05) is 36.4 Å². The molecule has 0 aliphatic rings. The summed E-state index contributed by atoms with van der Waals surface area (Å²) in [5.41, 5.74) is 2.13. The van der Waals surface area contributed by atoms with E-state index in [1.54, 1.807) is 14.2 Å². The van der Waals surface area contributed by atoms with Crippen LogP contribution in [0.25, 0.3) is 0 Å². The standard InChI is InChI=1S/C23H33N3O3.HI/c1-4-24-23(26-16-14-20(27)19-10-6-5-7-11-19)25-15-8-9-18-12-13-21(28-2)22(17-18)29-3;/h5-7,10-13,17,20,27H,4,8-9,14-16H2,1-3H3,(H2,24,25,26);1H. The molecule has 1 atom stereocenters. The fourth-order valence-corrected chi connectivity index (χ4v) is 3.02. The molecule has 0 spiro atoms. The number of benzene rings is 2. The Hall–Kier alpha value is -2.00. The number of aryl methyl sites for hydroxylation is 1. The number of nitrogens with one attached hydrogen (secondary N) is 2. The van der Waals surface area contributed by atoms with Crippen molar-refractivity contribution in [3.63, 3.8) is 0 Å². The minimum absolute atomic E-state index is 0.